The van der Waals surface area contributed by atoms with Crippen LogP contribution in [0.5, 0.6) is 0 Å². The summed E-state index contributed by atoms with van der Waals surface area (Å²) in [6.07, 6.45) is 0. The van der Waals surface area contributed by atoms with Gasteiger partial charge in [0.05, 0.1) is 5.25 Å². The lowest BCUT2D eigenvalue weighted by atomic mass is 10.0. The predicted molar refractivity (Wildman–Crippen MR) is 89.6 cm³/mol. The van der Waals surface area contributed by atoms with Crippen LogP contribution in [0.25, 0.3) is 21.2 Å². The van der Waals surface area contributed by atoms with Crippen LogP contribution in [0.15, 0.2) is 58.8 Å². The van der Waals surface area contributed by atoms with Crippen LogP contribution in [-0.4, -0.2) is 13.7 Å². The Balaban J connectivity index is 2.15. The highest BCUT2D eigenvalue weighted by atomic mass is 32.2. The Morgan fingerprint density at radius 3 is 2.38 bits per heavy atom. The highest BCUT2D eigenvalue weighted by Crippen LogP contribution is 2.36. The van der Waals surface area contributed by atoms with Crippen molar-refractivity contribution >= 4 is 31.9 Å². The molecule has 0 aliphatic carbocycles. The summed E-state index contributed by atoms with van der Waals surface area (Å²) in [5.74, 6) is 0. The molecule has 0 unspecified atom stereocenters. The number of thiophene rings is 1. The summed E-state index contributed by atoms with van der Waals surface area (Å²) in [4.78, 5) is 0.992. The topological polar surface area (TPSA) is 34.1 Å². The van der Waals surface area contributed by atoms with E-state index in [2.05, 4.69) is 18.2 Å². The number of sulfone groups is 1. The van der Waals surface area contributed by atoms with Crippen molar-refractivity contribution in [3.63, 3.8) is 0 Å². The molecule has 0 bridgehead atoms. The molecule has 0 radical (unpaired) electrons. The van der Waals surface area contributed by atoms with Crippen LogP contribution in [0.1, 0.15) is 13.8 Å². The van der Waals surface area contributed by atoms with Crippen molar-refractivity contribution in [1.29, 1.82) is 0 Å². The Hall–Kier alpha value is -1.65. The molecule has 0 N–H and O–H groups in total. The molecule has 0 aliphatic rings. The van der Waals surface area contributed by atoms with Gasteiger partial charge in [0.15, 0.2) is 9.84 Å². The Morgan fingerprint density at radius 1 is 0.905 bits per heavy atom. The number of hydrogen-bond acceptors (Lipinski definition) is 3. The van der Waals surface area contributed by atoms with E-state index in [0.717, 1.165) is 21.2 Å². The molecule has 2 aromatic carbocycles. The normalized spacial score (nSPS) is 12.1. The van der Waals surface area contributed by atoms with Crippen molar-refractivity contribution in [2.45, 2.75) is 23.3 Å². The molecule has 0 aliphatic heterocycles. The van der Waals surface area contributed by atoms with Crippen molar-refractivity contribution in [1.82, 2.24) is 0 Å². The van der Waals surface area contributed by atoms with Crippen molar-refractivity contribution in [2.24, 2.45) is 0 Å². The van der Waals surface area contributed by atoms with Crippen LogP contribution >= 0.6 is 11.3 Å². The highest BCUT2D eigenvalue weighted by Gasteiger charge is 2.21. The maximum absolute atomic E-state index is 12.3. The molecule has 108 valence electrons. The largest absolute Gasteiger partial charge is 0.223 e. The zero-order chi connectivity index (χ0) is 15.0. The Bertz CT molecular complexity index is 885. The third kappa shape index (κ3) is 2.49. The van der Waals surface area contributed by atoms with Gasteiger partial charge in [-0.25, -0.2) is 8.42 Å². The second-order valence-corrected chi connectivity index (χ2v) is 9.05. The summed E-state index contributed by atoms with van der Waals surface area (Å²) in [6.45, 7) is 3.43. The van der Waals surface area contributed by atoms with E-state index in [4.69, 9.17) is 0 Å². The highest BCUT2D eigenvalue weighted by molar-refractivity contribution is 7.94. The number of fused-ring (bicyclic) bond motifs is 1. The first-order chi connectivity index (χ1) is 10.00. The van der Waals surface area contributed by atoms with Gasteiger partial charge in [-0.15, -0.1) is 11.3 Å². The van der Waals surface area contributed by atoms with Gasteiger partial charge in [0.25, 0.3) is 0 Å². The summed E-state index contributed by atoms with van der Waals surface area (Å²) in [6, 6.07) is 17.9. The molecule has 4 heteroatoms. The molecule has 2 nitrogen and oxygen atoms in total. The van der Waals surface area contributed by atoms with E-state index in [9.17, 15) is 8.42 Å². The lowest BCUT2D eigenvalue weighted by molar-refractivity contribution is 0.589. The van der Waals surface area contributed by atoms with Gasteiger partial charge in [-0.1, -0.05) is 42.5 Å². The van der Waals surface area contributed by atoms with Gasteiger partial charge in [-0.05, 0) is 42.3 Å². The van der Waals surface area contributed by atoms with Crippen LogP contribution < -0.4 is 0 Å². The van der Waals surface area contributed by atoms with Crippen LogP contribution in [0.3, 0.4) is 0 Å². The fraction of sp³-hybridized carbons (Fsp3) is 0.176. The van der Waals surface area contributed by atoms with Crippen molar-refractivity contribution < 1.29 is 8.42 Å². The molecule has 3 rings (SSSR count). The summed E-state index contributed by atoms with van der Waals surface area (Å²) < 4.78 is 24.9. The Morgan fingerprint density at radius 2 is 1.62 bits per heavy atom. The maximum atomic E-state index is 12.3. The van der Waals surface area contributed by atoms with E-state index in [1.807, 2.05) is 30.3 Å². The molecular formula is C17H16O2S2. The fourth-order valence-electron chi connectivity index (χ4n) is 2.29. The molecule has 0 spiro atoms. The van der Waals surface area contributed by atoms with Crippen LogP contribution in [-0.2, 0) is 9.84 Å². The van der Waals surface area contributed by atoms with Gasteiger partial charge in [0.2, 0.25) is 0 Å². The number of benzene rings is 2. The van der Waals surface area contributed by atoms with E-state index in [1.54, 1.807) is 19.9 Å². The predicted octanol–water partition coefficient (Wildman–Crippen LogP) is 4.75. The third-order valence-corrected chi connectivity index (χ3v) is 7.34. The molecule has 0 saturated heterocycles. The van der Waals surface area contributed by atoms with Gasteiger partial charge in [-0.2, -0.15) is 0 Å². The number of rotatable bonds is 3. The van der Waals surface area contributed by atoms with Gasteiger partial charge < -0.3 is 0 Å². The lowest BCUT2D eigenvalue weighted by Crippen LogP contribution is -2.12. The zero-order valence-corrected chi connectivity index (χ0v) is 13.5. The summed E-state index contributed by atoms with van der Waals surface area (Å²) in [7, 11) is -3.20. The fourth-order valence-corrected chi connectivity index (χ4v) is 5.10. The molecule has 1 aromatic heterocycles. The second kappa shape index (κ2) is 5.28. The summed E-state index contributed by atoms with van der Waals surface area (Å²) in [5, 5.41) is 1.92. The zero-order valence-electron chi connectivity index (χ0n) is 11.9. The minimum absolute atomic E-state index is 0.392. The van der Waals surface area contributed by atoms with E-state index in [1.165, 1.54) is 11.3 Å². The van der Waals surface area contributed by atoms with Gasteiger partial charge >= 0.3 is 0 Å². The SMILES string of the molecule is CC(C)S(=O)(=O)c1ccc(-c2cccc3ccccc23)s1. The van der Waals surface area contributed by atoms with E-state index in [-0.39, 0.29) is 0 Å². The lowest BCUT2D eigenvalue weighted by Gasteiger charge is -2.05. The second-order valence-electron chi connectivity index (χ2n) is 5.24. The Kier molecular flexibility index (Phi) is 3.59. The van der Waals surface area contributed by atoms with Crippen LogP contribution in [0.2, 0.25) is 0 Å². The molecule has 0 saturated carbocycles. The standard InChI is InChI=1S/C17H16O2S2/c1-12(2)21(18,19)17-11-10-16(20-17)15-9-5-7-13-6-3-4-8-14(13)15/h3-12H,1-2H3. The van der Waals surface area contributed by atoms with Crippen LogP contribution in [0.4, 0.5) is 0 Å². The molecule has 3 aromatic rings. The first kappa shape index (κ1) is 14.3. The summed E-state index contributed by atoms with van der Waals surface area (Å²) in [5.41, 5.74) is 1.09. The molecule has 0 amide bonds. The minimum atomic E-state index is -3.20. The minimum Gasteiger partial charge on any atom is -0.223 e. The average Bonchev–Trinajstić information content (AvgIpc) is 2.97. The third-order valence-electron chi connectivity index (χ3n) is 3.54. The molecule has 0 atom stereocenters. The van der Waals surface area contributed by atoms with Crippen molar-refractivity contribution in [2.75, 3.05) is 0 Å². The first-order valence-corrected chi connectivity index (χ1v) is 9.18. The quantitative estimate of drug-likeness (QED) is 0.698. The van der Waals surface area contributed by atoms with Gasteiger partial charge in [0.1, 0.15) is 4.21 Å². The molecular weight excluding hydrogens is 300 g/mol. The van der Waals surface area contributed by atoms with Crippen molar-refractivity contribution in [3.05, 3.63) is 54.6 Å². The van der Waals surface area contributed by atoms with Gasteiger partial charge in [0, 0.05) is 4.88 Å². The van der Waals surface area contributed by atoms with E-state index >= 15 is 0 Å². The van der Waals surface area contributed by atoms with Gasteiger partial charge in [-0.3, -0.25) is 0 Å². The number of hydrogen-bond donors (Lipinski definition) is 0. The molecule has 0 fully saturated rings. The van der Waals surface area contributed by atoms with Crippen molar-refractivity contribution in [3.8, 4) is 10.4 Å². The first-order valence-electron chi connectivity index (χ1n) is 6.82. The molecule has 1 heterocycles. The van der Waals surface area contributed by atoms with Crippen LogP contribution in [0, 0.1) is 0 Å². The van der Waals surface area contributed by atoms with E-state index in [0.29, 0.717) is 4.21 Å². The monoisotopic (exact) mass is 316 g/mol. The summed E-state index contributed by atoms with van der Waals surface area (Å²) >= 11 is 1.35. The smallest absolute Gasteiger partial charge is 0.190 e. The maximum Gasteiger partial charge on any atom is 0.190 e. The average molecular weight is 316 g/mol. The Labute approximate surface area is 129 Å². The molecule has 21 heavy (non-hydrogen) atoms. The van der Waals surface area contributed by atoms with E-state index < -0.39 is 15.1 Å².